The third kappa shape index (κ3) is 3.12. The Morgan fingerprint density at radius 1 is 1.17 bits per heavy atom. The van der Waals surface area contributed by atoms with Crippen molar-refractivity contribution in [3.63, 3.8) is 0 Å². The molecule has 0 amide bonds. The topological polar surface area (TPSA) is 124 Å². The molecule has 0 aliphatic rings. The van der Waals surface area contributed by atoms with Gasteiger partial charge in [-0.25, -0.2) is 13.1 Å². The number of nitrogens with zero attached hydrogens (tertiary/aromatic N) is 4. The lowest BCUT2D eigenvalue weighted by Crippen LogP contribution is -2.24. The molecule has 0 spiro atoms. The van der Waals surface area contributed by atoms with Crippen LogP contribution in [0.5, 0.6) is 0 Å². The third-order valence-electron chi connectivity index (χ3n) is 3.04. The van der Waals surface area contributed by atoms with Gasteiger partial charge in [0.1, 0.15) is 10.6 Å². The lowest BCUT2D eigenvalue weighted by molar-refractivity contribution is 0.390. The summed E-state index contributed by atoms with van der Waals surface area (Å²) >= 11 is 0. The number of nitrogens with one attached hydrogen (secondary N) is 1. The van der Waals surface area contributed by atoms with Crippen molar-refractivity contribution in [3.8, 4) is 11.5 Å². The molecule has 0 aromatic carbocycles. The van der Waals surface area contributed by atoms with Crippen LogP contribution in [-0.4, -0.2) is 28.8 Å². The molecule has 1 N–H and O–H groups in total. The van der Waals surface area contributed by atoms with E-state index in [2.05, 4.69) is 25.1 Å². The molecule has 0 atom stereocenters. The number of sulfonamides is 1. The molecular formula is C13H13N5O4S. The molecule has 0 saturated carbocycles. The van der Waals surface area contributed by atoms with E-state index >= 15 is 0 Å². The van der Waals surface area contributed by atoms with Gasteiger partial charge < -0.3 is 8.94 Å². The van der Waals surface area contributed by atoms with Gasteiger partial charge in [0.25, 0.3) is 0 Å². The number of rotatable bonds is 5. The molecule has 23 heavy (non-hydrogen) atoms. The van der Waals surface area contributed by atoms with Crippen LogP contribution in [0.25, 0.3) is 11.5 Å². The first-order chi connectivity index (χ1) is 11.0. The summed E-state index contributed by atoms with van der Waals surface area (Å²) < 4.78 is 37.2. The molecule has 3 heterocycles. The summed E-state index contributed by atoms with van der Waals surface area (Å²) in [5.41, 5.74) is 0.991. The first-order valence-corrected chi connectivity index (χ1v) is 8.11. The van der Waals surface area contributed by atoms with Crippen molar-refractivity contribution in [2.75, 3.05) is 0 Å². The Balaban J connectivity index is 1.75. The quantitative estimate of drug-likeness (QED) is 0.738. The van der Waals surface area contributed by atoms with Crippen molar-refractivity contribution in [2.45, 2.75) is 25.3 Å². The molecule has 3 rings (SSSR count). The lowest BCUT2D eigenvalue weighted by Gasteiger charge is -2.03. The Labute approximate surface area is 131 Å². The maximum absolute atomic E-state index is 12.3. The van der Waals surface area contributed by atoms with Gasteiger partial charge in [0.15, 0.2) is 5.76 Å². The minimum atomic E-state index is -3.78. The third-order valence-corrected chi connectivity index (χ3v) is 4.69. The Kier molecular flexibility index (Phi) is 3.92. The first kappa shape index (κ1) is 15.3. The van der Waals surface area contributed by atoms with E-state index in [1.807, 2.05) is 0 Å². The van der Waals surface area contributed by atoms with Crippen LogP contribution in [0.15, 0.2) is 38.4 Å². The Morgan fingerprint density at radius 3 is 2.57 bits per heavy atom. The highest BCUT2D eigenvalue weighted by Crippen LogP contribution is 2.20. The number of pyridine rings is 1. The number of hydrogen-bond donors (Lipinski definition) is 1. The molecule has 9 nitrogen and oxygen atoms in total. The van der Waals surface area contributed by atoms with Crippen molar-refractivity contribution >= 4 is 10.0 Å². The molecule has 10 heteroatoms. The second-order valence-electron chi connectivity index (χ2n) is 4.71. The minimum Gasteiger partial charge on any atom is -0.419 e. The van der Waals surface area contributed by atoms with Gasteiger partial charge in [0, 0.05) is 18.0 Å². The predicted molar refractivity (Wildman–Crippen MR) is 77.5 cm³/mol. The van der Waals surface area contributed by atoms with E-state index in [9.17, 15) is 8.42 Å². The second-order valence-corrected chi connectivity index (χ2v) is 6.42. The van der Waals surface area contributed by atoms with Crippen LogP contribution in [0.4, 0.5) is 0 Å². The average molecular weight is 335 g/mol. The molecule has 0 bridgehead atoms. The van der Waals surface area contributed by atoms with Crippen LogP contribution < -0.4 is 4.72 Å². The Bertz CT molecular complexity index is 898. The predicted octanol–water partition coefficient (Wildman–Crippen LogP) is 1.21. The van der Waals surface area contributed by atoms with E-state index in [1.54, 1.807) is 31.5 Å². The average Bonchev–Trinajstić information content (AvgIpc) is 3.13. The van der Waals surface area contributed by atoms with E-state index < -0.39 is 10.0 Å². The fraction of sp³-hybridized carbons (Fsp3) is 0.231. The van der Waals surface area contributed by atoms with Crippen LogP contribution >= 0.6 is 0 Å². The maximum Gasteiger partial charge on any atom is 0.247 e. The van der Waals surface area contributed by atoms with Crippen molar-refractivity contribution in [2.24, 2.45) is 0 Å². The van der Waals surface area contributed by atoms with Crippen molar-refractivity contribution in [1.29, 1.82) is 0 Å². The summed E-state index contributed by atoms with van der Waals surface area (Å²) in [5.74, 6) is 0.657. The van der Waals surface area contributed by atoms with Crippen LogP contribution in [0, 0.1) is 13.8 Å². The Morgan fingerprint density at radius 2 is 1.91 bits per heavy atom. The highest BCUT2D eigenvalue weighted by atomic mass is 32.2. The maximum atomic E-state index is 12.3. The van der Waals surface area contributed by atoms with Crippen LogP contribution in [0.2, 0.25) is 0 Å². The normalized spacial score (nSPS) is 11.7. The zero-order valence-electron chi connectivity index (χ0n) is 12.3. The smallest absolute Gasteiger partial charge is 0.247 e. The van der Waals surface area contributed by atoms with Gasteiger partial charge >= 0.3 is 0 Å². The second kappa shape index (κ2) is 5.89. The summed E-state index contributed by atoms with van der Waals surface area (Å²) in [4.78, 5) is 3.91. The highest BCUT2D eigenvalue weighted by Gasteiger charge is 2.24. The standard InChI is InChI=1S/C13H13N5O4S/c1-8-12(9(2)22-18-8)23(19,20)15-7-11-16-17-13(21-11)10-3-5-14-6-4-10/h3-6,15H,7H2,1-2H3. The molecule has 0 aliphatic carbocycles. The zero-order valence-corrected chi connectivity index (χ0v) is 13.2. The van der Waals surface area contributed by atoms with Gasteiger partial charge in [-0.15, -0.1) is 10.2 Å². The molecular weight excluding hydrogens is 322 g/mol. The van der Waals surface area contributed by atoms with Gasteiger partial charge in [0.05, 0.1) is 6.54 Å². The summed E-state index contributed by atoms with van der Waals surface area (Å²) in [7, 11) is -3.78. The van der Waals surface area contributed by atoms with Crippen molar-refractivity contribution in [1.82, 2.24) is 25.1 Å². The number of hydrogen-bond acceptors (Lipinski definition) is 8. The van der Waals surface area contributed by atoms with E-state index in [4.69, 9.17) is 8.94 Å². The van der Waals surface area contributed by atoms with Crippen molar-refractivity contribution in [3.05, 3.63) is 41.9 Å². The van der Waals surface area contributed by atoms with E-state index in [-0.39, 0.29) is 28.8 Å². The molecule has 0 aliphatic heterocycles. The largest absolute Gasteiger partial charge is 0.419 e. The molecule has 0 unspecified atom stereocenters. The lowest BCUT2D eigenvalue weighted by atomic mass is 10.3. The van der Waals surface area contributed by atoms with Gasteiger partial charge in [0.2, 0.25) is 21.8 Å². The Hall–Kier alpha value is -2.59. The summed E-state index contributed by atoms with van der Waals surface area (Å²) in [6.07, 6.45) is 3.19. The van der Waals surface area contributed by atoms with Gasteiger partial charge in [-0.05, 0) is 26.0 Å². The van der Waals surface area contributed by atoms with Crippen LogP contribution in [-0.2, 0) is 16.6 Å². The fourth-order valence-corrected chi connectivity index (χ4v) is 3.32. The molecule has 3 aromatic heterocycles. The van der Waals surface area contributed by atoms with Gasteiger partial charge in [-0.1, -0.05) is 5.16 Å². The van der Waals surface area contributed by atoms with Gasteiger partial charge in [-0.3, -0.25) is 4.98 Å². The van der Waals surface area contributed by atoms with Gasteiger partial charge in [-0.2, -0.15) is 0 Å². The zero-order chi connectivity index (χ0) is 16.4. The molecule has 120 valence electrons. The minimum absolute atomic E-state index is 0.0198. The van der Waals surface area contributed by atoms with E-state index in [0.717, 1.165) is 0 Å². The number of aromatic nitrogens is 4. The number of aryl methyl sites for hydroxylation is 2. The van der Waals surface area contributed by atoms with E-state index in [0.29, 0.717) is 11.5 Å². The molecule has 0 radical (unpaired) electrons. The first-order valence-electron chi connectivity index (χ1n) is 6.62. The SMILES string of the molecule is Cc1noc(C)c1S(=O)(=O)NCc1nnc(-c2ccncc2)o1. The fourth-order valence-electron chi connectivity index (χ4n) is 2.02. The summed E-state index contributed by atoms with van der Waals surface area (Å²) in [6.45, 7) is 2.95. The summed E-state index contributed by atoms with van der Waals surface area (Å²) in [5, 5.41) is 11.3. The molecule has 0 fully saturated rings. The summed E-state index contributed by atoms with van der Waals surface area (Å²) in [6, 6.07) is 3.43. The highest BCUT2D eigenvalue weighted by molar-refractivity contribution is 7.89. The molecule has 3 aromatic rings. The van der Waals surface area contributed by atoms with Crippen LogP contribution in [0.3, 0.4) is 0 Å². The monoisotopic (exact) mass is 335 g/mol. The molecule has 0 saturated heterocycles. The van der Waals surface area contributed by atoms with Crippen LogP contribution in [0.1, 0.15) is 17.3 Å². The van der Waals surface area contributed by atoms with E-state index in [1.165, 1.54) is 6.92 Å². The van der Waals surface area contributed by atoms with Crippen molar-refractivity contribution < 1.29 is 17.4 Å².